The molecule has 0 heterocycles. The van der Waals surface area contributed by atoms with Crippen LogP contribution in [0.25, 0.3) is 0 Å². The lowest BCUT2D eigenvalue weighted by molar-refractivity contribution is 0.601. The molecule has 2 nitrogen and oxygen atoms in total. The van der Waals surface area contributed by atoms with E-state index < -0.39 is 0 Å². The number of rotatable bonds is 3. The zero-order chi connectivity index (χ0) is 9.84. The highest BCUT2D eigenvalue weighted by molar-refractivity contribution is 5.31. The van der Waals surface area contributed by atoms with Crippen molar-refractivity contribution < 1.29 is 4.39 Å². The molecule has 0 aliphatic carbocycles. The van der Waals surface area contributed by atoms with Gasteiger partial charge < -0.3 is 11.5 Å². The van der Waals surface area contributed by atoms with Gasteiger partial charge in [0.25, 0.3) is 0 Å². The quantitative estimate of drug-likeness (QED) is 0.741. The fourth-order valence-corrected chi connectivity index (χ4v) is 1.42. The van der Waals surface area contributed by atoms with Crippen molar-refractivity contribution >= 4 is 0 Å². The van der Waals surface area contributed by atoms with Gasteiger partial charge in [-0.05, 0) is 23.6 Å². The summed E-state index contributed by atoms with van der Waals surface area (Å²) in [6.07, 6.45) is 0.649. The minimum Gasteiger partial charge on any atom is -0.329 e. The molecule has 4 N–H and O–H groups in total. The third-order valence-electron chi connectivity index (χ3n) is 2.16. The molecule has 3 heteroatoms. The first-order chi connectivity index (χ1) is 6.20. The summed E-state index contributed by atoms with van der Waals surface area (Å²) in [6.45, 7) is 2.25. The zero-order valence-corrected chi connectivity index (χ0v) is 7.76. The summed E-state index contributed by atoms with van der Waals surface area (Å²) in [5.41, 5.74) is 12.7. The van der Waals surface area contributed by atoms with Gasteiger partial charge in [0.15, 0.2) is 0 Å². The molecule has 1 aromatic rings. The van der Waals surface area contributed by atoms with Crippen LogP contribution in [0.5, 0.6) is 0 Å². The maximum Gasteiger partial charge on any atom is 0.126 e. The first kappa shape index (κ1) is 10.2. The molecular formula is C10H15FN2. The van der Waals surface area contributed by atoms with Crippen LogP contribution in [-0.4, -0.2) is 6.54 Å². The Bertz CT molecular complexity index is 286. The van der Waals surface area contributed by atoms with E-state index in [-0.39, 0.29) is 11.9 Å². The molecule has 0 amide bonds. The second-order valence-electron chi connectivity index (χ2n) is 3.00. The van der Waals surface area contributed by atoms with Crippen LogP contribution >= 0.6 is 0 Å². The second-order valence-corrected chi connectivity index (χ2v) is 3.00. The Morgan fingerprint density at radius 2 is 2.15 bits per heavy atom. The molecule has 0 aliphatic heterocycles. The Labute approximate surface area is 77.7 Å². The van der Waals surface area contributed by atoms with Crippen LogP contribution in [0.2, 0.25) is 0 Å². The van der Waals surface area contributed by atoms with Gasteiger partial charge in [-0.15, -0.1) is 0 Å². The summed E-state index contributed by atoms with van der Waals surface area (Å²) in [7, 11) is 0. The van der Waals surface area contributed by atoms with Gasteiger partial charge in [-0.25, -0.2) is 4.39 Å². The van der Waals surface area contributed by atoms with Crippen molar-refractivity contribution in [3.63, 3.8) is 0 Å². The standard InChI is InChI=1S/C10H15FN2/c1-2-7-8(10(13)6-12)4-3-5-9(7)11/h3-5,10H,2,6,12-13H2,1H3/t10-/m0/s1. The zero-order valence-electron chi connectivity index (χ0n) is 7.76. The second kappa shape index (κ2) is 4.35. The first-order valence-corrected chi connectivity index (χ1v) is 4.43. The Morgan fingerprint density at radius 1 is 1.46 bits per heavy atom. The molecular weight excluding hydrogens is 167 g/mol. The SMILES string of the molecule is CCc1c(F)cccc1[C@@H](N)CN. The minimum atomic E-state index is -0.259. The van der Waals surface area contributed by atoms with Crippen molar-refractivity contribution in [2.45, 2.75) is 19.4 Å². The summed E-state index contributed by atoms with van der Waals surface area (Å²) in [5, 5.41) is 0. The van der Waals surface area contributed by atoms with Crippen LogP contribution < -0.4 is 11.5 Å². The van der Waals surface area contributed by atoms with Gasteiger partial charge in [0.2, 0.25) is 0 Å². The molecule has 1 rings (SSSR count). The Balaban J connectivity index is 3.12. The van der Waals surface area contributed by atoms with E-state index in [2.05, 4.69) is 0 Å². The summed E-state index contributed by atoms with van der Waals surface area (Å²) < 4.78 is 13.3. The lowest BCUT2D eigenvalue weighted by Gasteiger charge is -2.14. The molecule has 0 unspecified atom stereocenters. The number of hydrogen-bond acceptors (Lipinski definition) is 2. The van der Waals surface area contributed by atoms with Gasteiger partial charge in [-0.1, -0.05) is 19.1 Å². The van der Waals surface area contributed by atoms with Gasteiger partial charge in [0.05, 0.1) is 0 Å². The van der Waals surface area contributed by atoms with Crippen LogP contribution in [0.3, 0.4) is 0 Å². The van der Waals surface area contributed by atoms with Crippen LogP contribution in [-0.2, 0) is 6.42 Å². The predicted octanol–water partition coefficient (Wildman–Crippen LogP) is 1.35. The highest BCUT2D eigenvalue weighted by atomic mass is 19.1. The first-order valence-electron chi connectivity index (χ1n) is 4.43. The van der Waals surface area contributed by atoms with Gasteiger partial charge in [-0.3, -0.25) is 0 Å². The van der Waals surface area contributed by atoms with E-state index in [1.54, 1.807) is 6.07 Å². The number of benzene rings is 1. The average Bonchev–Trinajstić information content (AvgIpc) is 2.16. The maximum atomic E-state index is 13.3. The number of nitrogens with two attached hydrogens (primary N) is 2. The Kier molecular flexibility index (Phi) is 3.39. The molecule has 0 bridgehead atoms. The summed E-state index contributed by atoms with van der Waals surface area (Å²) >= 11 is 0. The van der Waals surface area contributed by atoms with Crippen LogP contribution in [0.1, 0.15) is 24.1 Å². The van der Waals surface area contributed by atoms with Crippen molar-refractivity contribution in [2.75, 3.05) is 6.54 Å². The Hall–Kier alpha value is -0.930. The summed E-state index contributed by atoms with van der Waals surface area (Å²) in [6, 6.07) is 4.69. The summed E-state index contributed by atoms with van der Waals surface area (Å²) in [5.74, 6) is -0.191. The van der Waals surface area contributed by atoms with Gasteiger partial charge in [0, 0.05) is 12.6 Å². The lowest BCUT2D eigenvalue weighted by Crippen LogP contribution is -2.22. The topological polar surface area (TPSA) is 52.0 Å². The molecule has 0 saturated carbocycles. The van der Waals surface area contributed by atoms with E-state index in [1.807, 2.05) is 13.0 Å². The fourth-order valence-electron chi connectivity index (χ4n) is 1.42. The molecule has 0 fully saturated rings. The lowest BCUT2D eigenvalue weighted by atomic mass is 9.99. The summed E-state index contributed by atoms with van der Waals surface area (Å²) in [4.78, 5) is 0. The van der Waals surface area contributed by atoms with E-state index >= 15 is 0 Å². The van der Waals surface area contributed by atoms with Crippen LogP contribution in [0.15, 0.2) is 18.2 Å². The molecule has 0 aliphatic rings. The van der Waals surface area contributed by atoms with E-state index in [9.17, 15) is 4.39 Å². The van der Waals surface area contributed by atoms with Gasteiger partial charge in [0.1, 0.15) is 5.82 Å². The van der Waals surface area contributed by atoms with E-state index in [0.717, 1.165) is 5.56 Å². The van der Waals surface area contributed by atoms with Crippen molar-refractivity contribution in [3.8, 4) is 0 Å². The van der Waals surface area contributed by atoms with Crippen molar-refractivity contribution in [1.29, 1.82) is 0 Å². The molecule has 0 spiro atoms. The van der Waals surface area contributed by atoms with E-state index in [1.165, 1.54) is 6.07 Å². The fraction of sp³-hybridized carbons (Fsp3) is 0.400. The molecule has 72 valence electrons. The number of halogens is 1. The van der Waals surface area contributed by atoms with E-state index in [4.69, 9.17) is 11.5 Å². The predicted molar refractivity (Wildman–Crippen MR) is 51.8 cm³/mol. The van der Waals surface area contributed by atoms with Crippen LogP contribution in [0.4, 0.5) is 4.39 Å². The normalized spacial score (nSPS) is 12.9. The highest BCUT2D eigenvalue weighted by Crippen LogP contribution is 2.18. The molecule has 0 aromatic heterocycles. The van der Waals surface area contributed by atoms with Crippen molar-refractivity contribution in [2.24, 2.45) is 11.5 Å². The Morgan fingerprint density at radius 3 is 2.69 bits per heavy atom. The van der Waals surface area contributed by atoms with Gasteiger partial charge in [-0.2, -0.15) is 0 Å². The average molecular weight is 182 g/mol. The van der Waals surface area contributed by atoms with Crippen LogP contribution in [0, 0.1) is 5.82 Å². The highest BCUT2D eigenvalue weighted by Gasteiger charge is 2.11. The molecule has 1 atom stereocenters. The molecule has 1 aromatic carbocycles. The third-order valence-corrected chi connectivity index (χ3v) is 2.16. The third kappa shape index (κ3) is 2.05. The number of hydrogen-bond donors (Lipinski definition) is 2. The molecule has 13 heavy (non-hydrogen) atoms. The molecule has 0 saturated heterocycles. The monoisotopic (exact) mass is 182 g/mol. The van der Waals surface area contributed by atoms with Crippen molar-refractivity contribution in [1.82, 2.24) is 0 Å². The maximum absolute atomic E-state index is 13.3. The van der Waals surface area contributed by atoms with E-state index in [0.29, 0.717) is 18.5 Å². The molecule has 0 radical (unpaired) electrons. The smallest absolute Gasteiger partial charge is 0.126 e. The van der Waals surface area contributed by atoms with Crippen molar-refractivity contribution in [3.05, 3.63) is 35.1 Å². The largest absolute Gasteiger partial charge is 0.329 e. The van der Waals surface area contributed by atoms with Gasteiger partial charge >= 0.3 is 0 Å². The minimum absolute atomic E-state index is 0.191.